The molecule has 0 radical (unpaired) electrons. The first-order valence-corrected chi connectivity index (χ1v) is 12.9. The Balaban J connectivity index is 1.17. The highest BCUT2D eigenvalue weighted by Gasteiger charge is 2.83. The molecule has 2 aromatic carbocycles. The van der Waals surface area contributed by atoms with E-state index >= 15 is 0 Å². The zero-order chi connectivity index (χ0) is 28.4. The van der Waals surface area contributed by atoms with Gasteiger partial charge in [0.2, 0.25) is 5.91 Å². The Bertz CT molecular complexity index is 1600. The predicted molar refractivity (Wildman–Crippen MR) is 144 cm³/mol. The molecule has 0 aliphatic heterocycles. The van der Waals surface area contributed by atoms with Crippen molar-refractivity contribution < 1.29 is 27.8 Å². The molecule has 4 unspecified atom stereocenters. The summed E-state index contributed by atoms with van der Waals surface area (Å²) in [4.78, 5) is 22.2. The number of aliphatic hydroxyl groups excluding tert-OH is 1. The van der Waals surface area contributed by atoms with Crippen LogP contribution < -0.4 is 15.0 Å². The minimum absolute atomic E-state index is 0.0551. The number of anilines is 3. The second-order valence-corrected chi connectivity index (χ2v) is 10.7. The van der Waals surface area contributed by atoms with Crippen LogP contribution in [0.4, 0.5) is 30.4 Å². The Morgan fingerprint density at radius 1 is 1.25 bits per heavy atom. The maximum absolute atomic E-state index is 12.9. The summed E-state index contributed by atoms with van der Waals surface area (Å²) < 4.78 is 46.6. The number of aromatic nitrogens is 3. The highest BCUT2D eigenvalue weighted by Crippen LogP contribution is 2.81. The van der Waals surface area contributed by atoms with E-state index in [9.17, 15) is 23.1 Å². The third-order valence-corrected chi connectivity index (χ3v) is 8.23. The summed E-state index contributed by atoms with van der Waals surface area (Å²) in [5.41, 5.74) is 4.22. The summed E-state index contributed by atoms with van der Waals surface area (Å²) in [6.07, 6.45) is -0.971. The number of hydrogen-bond donors (Lipinski definition) is 2. The number of nitrogens with one attached hydrogen (secondary N) is 1. The van der Waals surface area contributed by atoms with E-state index < -0.39 is 23.6 Å². The standard InChI is InChI=1S/C29H28F3N5O3/c1-16-12-18(4-9-23(16)40-15-28-13-21(28)24(28)25(39)29(30,31)32)22-14-34-27-26(33-10-11-37(22)27)35-19-5-7-20(8-6-19)36(3)17(2)38/h4-12,14,21,24-25,39H,13,15H2,1-3H3,(H,33,35). The van der Waals surface area contributed by atoms with E-state index in [0.717, 1.165) is 28.2 Å². The summed E-state index contributed by atoms with van der Waals surface area (Å²) in [6.45, 7) is 3.56. The Morgan fingerprint density at radius 3 is 2.65 bits per heavy atom. The number of hydrogen-bond acceptors (Lipinski definition) is 6. The van der Waals surface area contributed by atoms with Gasteiger partial charge < -0.3 is 20.1 Å². The molecule has 2 aliphatic rings. The number of amides is 1. The molecule has 1 amide bonds. The first-order valence-electron chi connectivity index (χ1n) is 12.9. The molecular weight excluding hydrogens is 523 g/mol. The number of imidazole rings is 1. The molecule has 2 heterocycles. The van der Waals surface area contributed by atoms with Gasteiger partial charge in [-0.3, -0.25) is 9.20 Å². The smallest absolute Gasteiger partial charge is 0.414 e. The van der Waals surface area contributed by atoms with Gasteiger partial charge in [-0.25, -0.2) is 9.97 Å². The average Bonchev–Trinajstić information content (AvgIpc) is 3.72. The van der Waals surface area contributed by atoms with E-state index in [2.05, 4.69) is 15.3 Å². The highest BCUT2D eigenvalue weighted by atomic mass is 19.4. The van der Waals surface area contributed by atoms with Crippen LogP contribution in [0.25, 0.3) is 16.9 Å². The van der Waals surface area contributed by atoms with Gasteiger partial charge in [0.25, 0.3) is 0 Å². The lowest BCUT2D eigenvalue weighted by Crippen LogP contribution is -2.35. The SMILES string of the molecule is CC(=O)N(C)c1ccc(Nc2nccn3c(-c4ccc(OCC56CC5C6C(O)C(F)(F)F)c(C)c4)cnc23)cc1. The Kier molecular flexibility index (Phi) is 6.02. The zero-order valence-electron chi connectivity index (χ0n) is 22.1. The Hall–Kier alpha value is -4.12. The van der Waals surface area contributed by atoms with E-state index in [0.29, 0.717) is 23.6 Å². The van der Waals surface area contributed by atoms with E-state index in [4.69, 9.17) is 4.74 Å². The number of halogens is 3. The fourth-order valence-corrected chi connectivity index (χ4v) is 5.56. The van der Waals surface area contributed by atoms with Crippen molar-refractivity contribution in [2.24, 2.45) is 17.3 Å². The van der Waals surface area contributed by atoms with Gasteiger partial charge in [-0.1, -0.05) is 0 Å². The van der Waals surface area contributed by atoms with Crippen molar-refractivity contribution in [1.82, 2.24) is 14.4 Å². The van der Waals surface area contributed by atoms with Gasteiger partial charge in [-0.05, 0) is 67.3 Å². The summed E-state index contributed by atoms with van der Waals surface area (Å²) in [6, 6.07) is 13.1. The Labute approximate surface area is 228 Å². The van der Waals surface area contributed by atoms with Crippen LogP contribution in [-0.4, -0.2) is 51.3 Å². The number of carbonyl (C=O) groups excluding carboxylic acids is 1. The van der Waals surface area contributed by atoms with Crippen LogP contribution in [0, 0.1) is 24.2 Å². The van der Waals surface area contributed by atoms with Gasteiger partial charge in [0.05, 0.1) is 18.5 Å². The van der Waals surface area contributed by atoms with Crippen LogP contribution in [-0.2, 0) is 4.79 Å². The van der Waals surface area contributed by atoms with Crippen LogP contribution in [0.1, 0.15) is 18.9 Å². The minimum atomic E-state index is -4.60. The molecule has 2 aliphatic carbocycles. The van der Waals surface area contributed by atoms with Crippen LogP contribution in [0.2, 0.25) is 0 Å². The van der Waals surface area contributed by atoms with Crippen molar-refractivity contribution in [3.8, 4) is 17.0 Å². The van der Waals surface area contributed by atoms with Crippen LogP contribution in [0.15, 0.2) is 61.1 Å². The number of fused-ring (bicyclic) bond motifs is 2. The van der Waals surface area contributed by atoms with Gasteiger partial charge in [-0.2, -0.15) is 13.2 Å². The molecule has 4 aromatic rings. The lowest BCUT2D eigenvalue weighted by molar-refractivity contribution is -0.216. The van der Waals surface area contributed by atoms with Crippen molar-refractivity contribution in [2.45, 2.75) is 32.5 Å². The number of nitrogens with zero attached hydrogens (tertiary/aromatic N) is 4. The molecule has 8 nitrogen and oxygen atoms in total. The summed E-state index contributed by atoms with van der Waals surface area (Å²) in [5, 5.41) is 12.9. The summed E-state index contributed by atoms with van der Waals surface area (Å²) >= 11 is 0. The molecule has 2 fully saturated rings. The van der Waals surface area contributed by atoms with E-state index in [-0.39, 0.29) is 18.4 Å². The molecule has 6 rings (SSSR count). The molecule has 208 valence electrons. The Morgan fingerprint density at radius 2 is 2.00 bits per heavy atom. The maximum atomic E-state index is 12.9. The first kappa shape index (κ1) is 26.1. The number of carbonyl (C=O) groups is 1. The van der Waals surface area contributed by atoms with Crippen molar-refractivity contribution >= 4 is 28.7 Å². The van der Waals surface area contributed by atoms with Crippen molar-refractivity contribution in [2.75, 3.05) is 23.9 Å². The monoisotopic (exact) mass is 551 g/mol. The molecule has 2 aromatic heterocycles. The molecule has 0 spiro atoms. The maximum Gasteiger partial charge on any atom is 0.414 e. The molecule has 2 saturated carbocycles. The highest BCUT2D eigenvalue weighted by molar-refractivity contribution is 5.91. The quantitative estimate of drug-likeness (QED) is 0.306. The molecule has 11 heteroatoms. The third kappa shape index (κ3) is 4.43. The fraction of sp³-hybridized carbons (Fsp3) is 0.345. The van der Waals surface area contributed by atoms with E-state index in [1.54, 1.807) is 24.3 Å². The van der Waals surface area contributed by atoms with Crippen molar-refractivity contribution in [1.29, 1.82) is 0 Å². The molecule has 40 heavy (non-hydrogen) atoms. The summed E-state index contributed by atoms with van der Waals surface area (Å²) in [7, 11) is 1.72. The van der Waals surface area contributed by atoms with Crippen LogP contribution in [0.5, 0.6) is 5.75 Å². The lowest BCUT2D eigenvalue weighted by Gasteiger charge is -2.21. The van der Waals surface area contributed by atoms with Gasteiger partial charge in [-0.15, -0.1) is 0 Å². The number of benzene rings is 2. The molecule has 0 bridgehead atoms. The van der Waals surface area contributed by atoms with Gasteiger partial charge in [0, 0.05) is 54.6 Å². The molecule has 4 atom stereocenters. The number of ether oxygens (including phenoxy) is 1. The second-order valence-electron chi connectivity index (χ2n) is 10.7. The van der Waals surface area contributed by atoms with Gasteiger partial charge >= 0.3 is 6.18 Å². The number of aliphatic hydroxyl groups is 1. The van der Waals surface area contributed by atoms with Crippen LogP contribution in [0.3, 0.4) is 0 Å². The minimum Gasteiger partial charge on any atom is -0.493 e. The van der Waals surface area contributed by atoms with Gasteiger partial charge in [0.15, 0.2) is 17.6 Å². The largest absolute Gasteiger partial charge is 0.493 e. The first-order chi connectivity index (χ1) is 19.0. The van der Waals surface area contributed by atoms with E-state index in [1.807, 2.05) is 60.0 Å². The van der Waals surface area contributed by atoms with E-state index in [1.165, 1.54) is 6.92 Å². The van der Waals surface area contributed by atoms with Crippen LogP contribution >= 0.6 is 0 Å². The summed E-state index contributed by atoms with van der Waals surface area (Å²) in [5.74, 6) is 0.240. The van der Waals surface area contributed by atoms with Crippen molar-refractivity contribution in [3.05, 3.63) is 66.6 Å². The zero-order valence-corrected chi connectivity index (χ0v) is 22.1. The normalized spacial score (nSPS) is 22.0. The second kappa shape index (κ2) is 9.22. The number of aryl methyl sites for hydroxylation is 1. The van der Waals surface area contributed by atoms with Gasteiger partial charge in [0.1, 0.15) is 5.75 Å². The molecular formula is C29H28F3N5O3. The predicted octanol–water partition coefficient (Wildman–Crippen LogP) is 5.37. The molecule has 0 saturated heterocycles. The topological polar surface area (TPSA) is 92.0 Å². The average molecular weight is 552 g/mol. The fourth-order valence-electron chi connectivity index (χ4n) is 5.56. The lowest BCUT2D eigenvalue weighted by atomic mass is 10.00. The molecule has 2 N–H and O–H groups in total. The third-order valence-electron chi connectivity index (χ3n) is 8.23. The number of rotatable bonds is 8. The van der Waals surface area contributed by atoms with Crippen molar-refractivity contribution in [3.63, 3.8) is 0 Å². The number of alkyl halides is 3.